The summed E-state index contributed by atoms with van der Waals surface area (Å²) in [7, 11) is 0. The molecule has 0 bridgehead atoms. The van der Waals surface area contributed by atoms with Crippen molar-refractivity contribution in [2.45, 2.75) is 39.0 Å². The van der Waals surface area contributed by atoms with Crippen LogP contribution in [0.2, 0.25) is 0 Å². The van der Waals surface area contributed by atoms with Crippen LogP contribution in [0.1, 0.15) is 63.1 Å². The molecule has 6 heteroatoms. The average Bonchev–Trinajstić information content (AvgIpc) is 3.15. The molecule has 2 heterocycles. The Morgan fingerprint density at radius 3 is 2.96 bits per heavy atom. The standard InChI is InChI=1S/C17H19NO3S2/c1-3-21-17(20)14-13-10(2)6-4-7-11(13)23-16(14)18-15(19)12-8-5-9-22-12/h5,8-10H,3-4,6-7H2,1-2H3,(H,18,19)/t10-/m1/s1. The van der Waals surface area contributed by atoms with Gasteiger partial charge in [0, 0.05) is 4.88 Å². The SMILES string of the molecule is CCOC(=O)c1c(NC(=O)c2cccs2)sc2c1[C@H](C)CCC2. The fourth-order valence-corrected chi connectivity index (χ4v) is 4.94. The van der Waals surface area contributed by atoms with E-state index in [-0.39, 0.29) is 11.9 Å². The van der Waals surface area contributed by atoms with Crippen LogP contribution in [-0.4, -0.2) is 18.5 Å². The van der Waals surface area contributed by atoms with Gasteiger partial charge < -0.3 is 10.1 Å². The lowest BCUT2D eigenvalue weighted by atomic mass is 9.86. The first kappa shape index (κ1) is 16.2. The van der Waals surface area contributed by atoms with Crippen molar-refractivity contribution in [1.82, 2.24) is 0 Å². The highest BCUT2D eigenvalue weighted by atomic mass is 32.1. The van der Waals surface area contributed by atoms with Crippen molar-refractivity contribution in [2.24, 2.45) is 0 Å². The minimum absolute atomic E-state index is 0.170. The summed E-state index contributed by atoms with van der Waals surface area (Å²) in [5.41, 5.74) is 1.63. The Morgan fingerprint density at radius 2 is 2.26 bits per heavy atom. The molecule has 23 heavy (non-hydrogen) atoms. The zero-order chi connectivity index (χ0) is 16.4. The molecule has 2 aromatic rings. The summed E-state index contributed by atoms with van der Waals surface area (Å²) in [5.74, 6) is -0.182. The maximum atomic E-state index is 12.4. The molecule has 2 aromatic heterocycles. The molecule has 0 radical (unpaired) electrons. The van der Waals surface area contributed by atoms with Gasteiger partial charge in [-0.05, 0) is 49.1 Å². The topological polar surface area (TPSA) is 55.4 Å². The molecule has 1 aliphatic carbocycles. The summed E-state index contributed by atoms with van der Waals surface area (Å²) in [6.45, 7) is 4.26. The zero-order valence-corrected chi connectivity index (χ0v) is 14.8. The third kappa shape index (κ3) is 3.19. The maximum Gasteiger partial charge on any atom is 0.341 e. The minimum Gasteiger partial charge on any atom is -0.462 e. The molecule has 1 atom stereocenters. The smallest absolute Gasteiger partial charge is 0.341 e. The van der Waals surface area contributed by atoms with Gasteiger partial charge in [-0.25, -0.2) is 4.79 Å². The molecule has 0 aromatic carbocycles. The number of esters is 1. The molecule has 0 saturated heterocycles. The summed E-state index contributed by atoms with van der Waals surface area (Å²) < 4.78 is 5.23. The van der Waals surface area contributed by atoms with Gasteiger partial charge in [0.1, 0.15) is 5.00 Å². The first-order valence-corrected chi connectivity index (χ1v) is 9.49. The van der Waals surface area contributed by atoms with Crippen molar-refractivity contribution in [3.63, 3.8) is 0 Å². The monoisotopic (exact) mass is 349 g/mol. The number of nitrogens with one attached hydrogen (secondary N) is 1. The van der Waals surface area contributed by atoms with E-state index in [0.717, 1.165) is 24.8 Å². The molecule has 0 spiro atoms. The average molecular weight is 349 g/mol. The van der Waals surface area contributed by atoms with Crippen LogP contribution in [0.5, 0.6) is 0 Å². The first-order valence-electron chi connectivity index (χ1n) is 7.79. The highest BCUT2D eigenvalue weighted by molar-refractivity contribution is 7.17. The summed E-state index contributed by atoms with van der Waals surface area (Å²) >= 11 is 2.90. The van der Waals surface area contributed by atoms with E-state index in [1.165, 1.54) is 27.6 Å². The van der Waals surface area contributed by atoms with Gasteiger partial charge in [0.2, 0.25) is 0 Å². The number of anilines is 1. The van der Waals surface area contributed by atoms with Crippen molar-refractivity contribution in [2.75, 3.05) is 11.9 Å². The van der Waals surface area contributed by atoms with Gasteiger partial charge in [-0.2, -0.15) is 0 Å². The lowest BCUT2D eigenvalue weighted by Crippen LogP contribution is -2.16. The Morgan fingerprint density at radius 1 is 1.43 bits per heavy atom. The van der Waals surface area contributed by atoms with Gasteiger partial charge in [0.25, 0.3) is 5.91 Å². The third-order valence-corrected chi connectivity index (χ3v) is 6.06. The second-order valence-electron chi connectivity index (χ2n) is 5.59. The van der Waals surface area contributed by atoms with Crippen molar-refractivity contribution in [3.05, 3.63) is 38.4 Å². The van der Waals surface area contributed by atoms with E-state index in [2.05, 4.69) is 12.2 Å². The molecule has 4 nitrogen and oxygen atoms in total. The van der Waals surface area contributed by atoms with Crippen LogP contribution in [0.3, 0.4) is 0 Å². The number of rotatable bonds is 4. The van der Waals surface area contributed by atoms with Crippen molar-refractivity contribution < 1.29 is 14.3 Å². The molecule has 3 rings (SSSR count). The van der Waals surface area contributed by atoms with E-state index >= 15 is 0 Å². The molecule has 0 saturated carbocycles. The molecule has 1 N–H and O–H groups in total. The number of thiophene rings is 2. The van der Waals surface area contributed by atoms with Crippen LogP contribution < -0.4 is 5.32 Å². The number of hydrogen-bond acceptors (Lipinski definition) is 5. The summed E-state index contributed by atoms with van der Waals surface area (Å²) in [6.07, 6.45) is 3.15. The molecule has 1 aliphatic rings. The molecule has 122 valence electrons. The van der Waals surface area contributed by atoms with Crippen molar-refractivity contribution in [3.8, 4) is 0 Å². The van der Waals surface area contributed by atoms with Crippen LogP contribution in [0.15, 0.2) is 17.5 Å². The Kier molecular flexibility index (Phi) is 4.82. The molecule has 0 fully saturated rings. The van der Waals surface area contributed by atoms with E-state index in [0.29, 0.717) is 28.0 Å². The summed E-state index contributed by atoms with van der Waals surface area (Å²) in [6, 6.07) is 3.62. The van der Waals surface area contributed by atoms with Crippen LogP contribution >= 0.6 is 22.7 Å². The number of fused-ring (bicyclic) bond motifs is 1. The number of ether oxygens (including phenoxy) is 1. The van der Waals surface area contributed by atoms with Crippen molar-refractivity contribution >= 4 is 39.6 Å². The van der Waals surface area contributed by atoms with Gasteiger partial charge >= 0.3 is 5.97 Å². The zero-order valence-electron chi connectivity index (χ0n) is 13.2. The minimum atomic E-state index is -0.333. The van der Waals surface area contributed by atoms with Crippen LogP contribution in [0.25, 0.3) is 0 Å². The van der Waals surface area contributed by atoms with Gasteiger partial charge in [-0.1, -0.05) is 13.0 Å². The highest BCUT2D eigenvalue weighted by Gasteiger charge is 2.30. The van der Waals surface area contributed by atoms with E-state index in [1.54, 1.807) is 13.0 Å². The quantitative estimate of drug-likeness (QED) is 0.816. The van der Waals surface area contributed by atoms with Crippen LogP contribution in [-0.2, 0) is 11.2 Å². The molecular formula is C17H19NO3S2. The molecule has 0 aliphatic heterocycles. The lowest BCUT2D eigenvalue weighted by Gasteiger charge is -2.19. The van der Waals surface area contributed by atoms with E-state index in [4.69, 9.17) is 4.74 Å². The van der Waals surface area contributed by atoms with Gasteiger partial charge in [0.05, 0.1) is 17.0 Å². The molecule has 1 amide bonds. The lowest BCUT2D eigenvalue weighted by molar-refractivity contribution is 0.0526. The fourth-order valence-electron chi connectivity index (χ4n) is 2.98. The van der Waals surface area contributed by atoms with Crippen LogP contribution in [0.4, 0.5) is 5.00 Å². The van der Waals surface area contributed by atoms with Gasteiger partial charge in [-0.3, -0.25) is 4.79 Å². The predicted molar refractivity (Wildman–Crippen MR) is 93.9 cm³/mol. The fraction of sp³-hybridized carbons (Fsp3) is 0.412. The normalized spacial score (nSPS) is 16.7. The van der Waals surface area contributed by atoms with E-state index < -0.39 is 0 Å². The molecular weight excluding hydrogens is 330 g/mol. The van der Waals surface area contributed by atoms with E-state index in [1.807, 2.05) is 11.4 Å². The number of amides is 1. The Hall–Kier alpha value is -1.66. The maximum absolute atomic E-state index is 12.4. The van der Waals surface area contributed by atoms with Gasteiger partial charge in [-0.15, -0.1) is 22.7 Å². The second-order valence-corrected chi connectivity index (χ2v) is 7.64. The second kappa shape index (κ2) is 6.84. The Balaban J connectivity index is 1.98. The number of hydrogen-bond donors (Lipinski definition) is 1. The number of carbonyl (C=O) groups is 2. The Bertz CT molecular complexity index is 719. The molecule has 0 unspecified atom stereocenters. The van der Waals surface area contributed by atoms with Crippen molar-refractivity contribution in [1.29, 1.82) is 0 Å². The third-order valence-electron chi connectivity index (χ3n) is 4.01. The van der Waals surface area contributed by atoms with Gasteiger partial charge in [0.15, 0.2) is 0 Å². The van der Waals surface area contributed by atoms with E-state index in [9.17, 15) is 9.59 Å². The summed E-state index contributed by atoms with van der Waals surface area (Å²) in [4.78, 5) is 26.6. The first-order chi connectivity index (χ1) is 11.1. The predicted octanol–water partition coefficient (Wildman–Crippen LogP) is 4.68. The highest BCUT2D eigenvalue weighted by Crippen LogP contribution is 2.43. The number of aryl methyl sites for hydroxylation is 1. The summed E-state index contributed by atoms with van der Waals surface area (Å²) in [5, 5.41) is 5.41. The van der Waals surface area contributed by atoms with Crippen LogP contribution in [0, 0.1) is 0 Å². The largest absolute Gasteiger partial charge is 0.462 e. The Labute approximate surface area is 143 Å². The number of carbonyl (C=O) groups excluding carboxylic acids is 2.